The molecule has 0 aliphatic heterocycles. The number of aromatic amines is 2. The van der Waals surface area contributed by atoms with Crippen molar-refractivity contribution in [2.24, 2.45) is 0 Å². The van der Waals surface area contributed by atoms with Crippen LogP contribution in [0.25, 0.3) is 54.1 Å². The van der Waals surface area contributed by atoms with Gasteiger partial charge < -0.3 is 10.3 Å². The Bertz CT molecular complexity index is 2130. The zero-order valence-corrected chi connectivity index (χ0v) is 23.7. The van der Waals surface area contributed by atoms with Crippen LogP contribution in [0.15, 0.2) is 128 Å². The van der Waals surface area contributed by atoms with E-state index in [9.17, 15) is 0 Å². The summed E-state index contributed by atoms with van der Waals surface area (Å²) in [7, 11) is 0. The van der Waals surface area contributed by atoms with Crippen molar-refractivity contribution in [2.75, 3.05) is 5.32 Å². The largest absolute Gasteiger partial charge is 0.373 e. The number of nitrogens with one attached hydrogen (secondary N) is 3. The van der Waals surface area contributed by atoms with Crippen LogP contribution in [0.5, 0.6) is 0 Å². The maximum Gasteiger partial charge on any atom is 0.137 e. The summed E-state index contributed by atoms with van der Waals surface area (Å²) in [5, 5.41) is 13.7. The van der Waals surface area contributed by atoms with E-state index in [-0.39, 0.29) is 6.04 Å². The Kier molecular flexibility index (Phi) is 6.23. The van der Waals surface area contributed by atoms with Crippen LogP contribution in [0.1, 0.15) is 17.3 Å². The van der Waals surface area contributed by atoms with Crippen LogP contribution >= 0.6 is 11.3 Å². The summed E-state index contributed by atoms with van der Waals surface area (Å²) in [5.74, 6) is 0.810. The van der Waals surface area contributed by atoms with Gasteiger partial charge in [0.25, 0.3) is 0 Å². The first-order chi connectivity index (χ1) is 21.3. The van der Waals surface area contributed by atoms with Gasteiger partial charge in [0.1, 0.15) is 5.82 Å². The molecule has 0 saturated heterocycles. The van der Waals surface area contributed by atoms with Crippen molar-refractivity contribution >= 4 is 38.0 Å². The number of thiophene rings is 1. The highest BCUT2D eigenvalue weighted by Crippen LogP contribution is 2.40. The lowest BCUT2D eigenvalue weighted by Crippen LogP contribution is -2.15. The Morgan fingerprint density at radius 3 is 2.42 bits per heavy atom. The molecule has 7 nitrogen and oxygen atoms in total. The van der Waals surface area contributed by atoms with Crippen molar-refractivity contribution in [3.05, 3.63) is 139 Å². The van der Waals surface area contributed by atoms with Gasteiger partial charge in [-0.15, -0.1) is 11.3 Å². The normalized spacial score (nSPS) is 12.1. The molecule has 0 bridgehead atoms. The van der Waals surface area contributed by atoms with Gasteiger partial charge in [-0.05, 0) is 65.5 Å². The molecule has 0 amide bonds. The number of aromatic nitrogens is 6. The molecular weight excluding hydrogens is 551 g/mol. The molecule has 1 atom stereocenters. The summed E-state index contributed by atoms with van der Waals surface area (Å²) in [6, 6.07) is 33.2. The van der Waals surface area contributed by atoms with E-state index in [1.54, 1.807) is 17.5 Å². The molecule has 0 spiro atoms. The molecule has 206 valence electrons. The standard InChI is InChI=1S/C35H25N7S/c1-2-10-31-22(7-1)19-32(43-31)28-20-25(17-24-21-40-42-33(24)28)41-34(30-9-4-6-14-37-30)26-12-11-23(35-38-15-16-39-35)18-27(26)29-8-3-5-13-36-29/h1-21,34,41H,(H,38,39)(H,40,42). The van der Waals surface area contributed by atoms with Crippen LogP contribution in [-0.4, -0.2) is 30.1 Å². The van der Waals surface area contributed by atoms with Crippen molar-refractivity contribution in [3.63, 3.8) is 0 Å². The minimum atomic E-state index is -0.261. The van der Waals surface area contributed by atoms with Crippen molar-refractivity contribution in [1.29, 1.82) is 0 Å². The zero-order chi connectivity index (χ0) is 28.6. The molecule has 3 aromatic carbocycles. The lowest BCUT2D eigenvalue weighted by Gasteiger charge is -2.24. The van der Waals surface area contributed by atoms with Crippen molar-refractivity contribution < 1.29 is 0 Å². The number of H-pyrrole nitrogens is 2. The first-order valence-corrected chi connectivity index (χ1v) is 14.8. The van der Waals surface area contributed by atoms with Gasteiger partial charge in [0.05, 0.1) is 29.1 Å². The number of imidazole rings is 1. The molecule has 5 aromatic heterocycles. The molecule has 1 unspecified atom stereocenters. The molecule has 8 rings (SSSR count). The van der Waals surface area contributed by atoms with E-state index >= 15 is 0 Å². The number of hydrogen-bond acceptors (Lipinski definition) is 6. The lowest BCUT2D eigenvalue weighted by atomic mass is 9.92. The van der Waals surface area contributed by atoms with Crippen LogP contribution in [0, 0.1) is 0 Å². The second-order valence-electron chi connectivity index (χ2n) is 10.3. The van der Waals surface area contributed by atoms with Crippen LogP contribution in [-0.2, 0) is 0 Å². The third-order valence-electron chi connectivity index (χ3n) is 7.61. The molecule has 8 heteroatoms. The summed E-state index contributed by atoms with van der Waals surface area (Å²) >= 11 is 1.78. The van der Waals surface area contributed by atoms with Gasteiger partial charge in [-0.3, -0.25) is 15.1 Å². The van der Waals surface area contributed by atoms with E-state index in [4.69, 9.17) is 9.97 Å². The molecule has 3 N–H and O–H groups in total. The van der Waals surface area contributed by atoms with Crippen molar-refractivity contribution in [2.45, 2.75) is 6.04 Å². The number of pyridine rings is 2. The quantitative estimate of drug-likeness (QED) is 0.177. The predicted molar refractivity (Wildman–Crippen MR) is 174 cm³/mol. The van der Waals surface area contributed by atoms with Gasteiger partial charge in [-0.2, -0.15) is 5.10 Å². The molecular formula is C35H25N7S. The summed E-state index contributed by atoms with van der Waals surface area (Å²) in [6.45, 7) is 0. The number of rotatable bonds is 7. The second-order valence-corrected chi connectivity index (χ2v) is 11.4. The minimum absolute atomic E-state index is 0.261. The Labute approximate surface area is 251 Å². The average molecular weight is 576 g/mol. The number of benzene rings is 3. The number of nitrogens with zero attached hydrogens (tertiary/aromatic N) is 4. The van der Waals surface area contributed by atoms with Crippen LogP contribution < -0.4 is 5.32 Å². The predicted octanol–water partition coefficient (Wildman–Crippen LogP) is 8.49. The van der Waals surface area contributed by atoms with E-state index in [1.807, 2.05) is 55.1 Å². The first kappa shape index (κ1) is 25.1. The fraction of sp³-hybridized carbons (Fsp3) is 0.0286. The van der Waals surface area contributed by atoms with E-state index in [0.717, 1.165) is 56.1 Å². The van der Waals surface area contributed by atoms with Gasteiger partial charge in [-0.25, -0.2) is 4.98 Å². The molecule has 0 radical (unpaired) electrons. The molecule has 43 heavy (non-hydrogen) atoms. The van der Waals surface area contributed by atoms with Gasteiger partial charge in [0, 0.05) is 62.1 Å². The molecule has 0 saturated carbocycles. The molecule has 5 heterocycles. The van der Waals surface area contributed by atoms with Gasteiger partial charge in [0.2, 0.25) is 0 Å². The Morgan fingerprint density at radius 2 is 1.60 bits per heavy atom. The summed E-state index contributed by atoms with van der Waals surface area (Å²) in [5.41, 5.74) is 7.93. The van der Waals surface area contributed by atoms with Gasteiger partial charge in [-0.1, -0.05) is 42.5 Å². The summed E-state index contributed by atoms with van der Waals surface area (Å²) < 4.78 is 1.26. The number of anilines is 1. The van der Waals surface area contributed by atoms with Crippen molar-refractivity contribution in [3.8, 4) is 33.1 Å². The number of hydrogen-bond donors (Lipinski definition) is 3. The fourth-order valence-corrected chi connectivity index (χ4v) is 6.68. The second kappa shape index (κ2) is 10.7. The third kappa shape index (κ3) is 4.73. The van der Waals surface area contributed by atoms with Crippen LogP contribution in [0.2, 0.25) is 0 Å². The van der Waals surface area contributed by atoms with E-state index in [0.29, 0.717) is 0 Å². The lowest BCUT2D eigenvalue weighted by molar-refractivity contribution is 0.888. The Balaban J connectivity index is 1.29. The molecule has 8 aromatic rings. The monoisotopic (exact) mass is 575 g/mol. The topological polar surface area (TPSA) is 95.2 Å². The molecule has 0 fully saturated rings. The smallest absolute Gasteiger partial charge is 0.137 e. The number of fused-ring (bicyclic) bond motifs is 2. The Morgan fingerprint density at radius 1 is 0.721 bits per heavy atom. The average Bonchev–Trinajstić information content (AvgIpc) is 3.85. The maximum absolute atomic E-state index is 4.80. The highest BCUT2D eigenvalue weighted by molar-refractivity contribution is 7.22. The highest BCUT2D eigenvalue weighted by atomic mass is 32.1. The van der Waals surface area contributed by atoms with Gasteiger partial charge >= 0.3 is 0 Å². The fourth-order valence-electron chi connectivity index (χ4n) is 5.60. The first-order valence-electron chi connectivity index (χ1n) is 14.0. The van der Waals surface area contributed by atoms with E-state index in [2.05, 4.69) is 92.2 Å². The molecule has 0 aliphatic carbocycles. The summed E-state index contributed by atoms with van der Waals surface area (Å²) in [6.07, 6.45) is 9.14. The summed E-state index contributed by atoms with van der Waals surface area (Å²) in [4.78, 5) is 18.4. The van der Waals surface area contributed by atoms with Crippen LogP contribution in [0.4, 0.5) is 5.69 Å². The zero-order valence-electron chi connectivity index (χ0n) is 22.9. The minimum Gasteiger partial charge on any atom is -0.373 e. The Hall–Kier alpha value is -5.60. The maximum atomic E-state index is 4.80. The SMILES string of the molecule is c1ccc(-c2cc(-c3ncc[nH]3)ccc2C(Nc2cc(-c3cc4ccccc4s3)c3[nH]ncc3c2)c2ccccn2)nc1. The third-order valence-corrected chi connectivity index (χ3v) is 8.76. The van der Waals surface area contributed by atoms with Crippen LogP contribution in [0.3, 0.4) is 0 Å². The van der Waals surface area contributed by atoms with E-state index < -0.39 is 0 Å². The van der Waals surface area contributed by atoms with Gasteiger partial charge in [0.15, 0.2) is 0 Å². The molecule has 0 aliphatic rings. The highest BCUT2D eigenvalue weighted by Gasteiger charge is 2.22. The van der Waals surface area contributed by atoms with E-state index in [1.165, 1.54) is 15.0 Å². The van der Waals surface area contributed by atoms with Crippen molar-refractivity contribution in [1.82, 2.24) is 30.1 Å².